The van der Waals surface area contributed by atoms with Gasteiger partial charge in [0.15, 0.2) is 0 Å². The molecule has 0 aromatic carbocycles. The van der Waals surface area contributed by atoms with E-state index in [-0.39, 0.29) is 12.1 Å². The van der Waals surface area contributed by atoms with Gasteiger partial charge >= 0.3 is 0 Å². The Bertz CT molecular complexity index is 519. The molecule has 3 fully saturated rings. The lowest BCUT2D eigenvalue weighted by Crippen LogP contribution is -2.61. The molecule has 0 unspecified atom stereocenters. The van der Waals surface area contributed by atoms with Crippen LogP contribution < -0.4 is 0 Å². The van der Waals surface area contributed by atoms with Crippen molar-refractivity contribution in [1.82, 2.24) is 9.80 Å². The Hall–Kier alpha value is -0.910. The molecule has 1 aromatic heterocycles. The predicted molar refractivity (Wildman–Crippen MR) is 86.8 cm³/mol. The lowest BCUT2D eigenvalue weighted by molar-refractivity contribution is -0.145. The quantitative estimate of drug-likeness (QED) is 0.857. The van der Waals surface area contributed by atoms with Gasteiger partial charge < -0.3 is 9.64 Å². The van der Waals surface area contributed by atoms with Gasteiger partial charge in [0.05, 0.1) is 12.1 Å². The van der Waals surface area contributed by atoms with Crippen molar-refractivity contribution in [1.29, 1.82) is 0 Å². The molecule has 0 bridgehead atoms. The van der Waals surface area contributed by atoms with E-state index in [4.69, 9.17) is 4.74 Å². The first kappa shape index (κ1) is 14.7. The van der Waals surface area contributed by atoms with E-state index in [2.05, 4.69) is 27.3 Å². The van der Waals surface area contributed by atoms with Gasteiger partial charge in [-0.3, -0.25) is 9.69 Å². The maximum Gasteiger partial charge on any atom is 0.223 e. The van der Waals surface area contributed by atoms with Crippen molar-refractivity contribution in [3.63, 3.8) is 0 Å². The molecule has 120 valence electrons. The fourth-order valence-corrected chi connectivity index (χ4v) is 5.05. The SMILES string of the molecule is O=C1CCCN1[C@@H]1CN(Cc2cccs2)C[C@@H]2CCCO[C@@H]21. The third kappa shape index (κ3) is 2.82. The number of carbonyl (C=O) groups is 1. The normalized spacial score (nSPS) is 33.2. The lowest BCUT2D eigenvalue weighted by atomic mass is 9.84. The van der Waals surface area contributed by atoms with Gasteiger partial charge in [0.2, 0.25) is 5.91 Å². The molecule has 4 nitrogen and oxygen atoms in total. The zero-order valence-electron chi connectivity index (χ0n) is 12.9. The van der Waals surface area contributed by atoms with Gasteiger partial charge in [-0.2, -0.15) is 0 Å². The van der Waals surface area contributed by atoms with E-state index in [9.17, 15) is 4.79 Å². The number of nitrogens with zero attached hydrogens (tertiary/aromatic N) is 2. The summed E-state index contributed by atoms with van der Waals surface area (Å²) in [7, 11) is 0. The van der Waals surface area contributed by atoms with Crippen LogP contribution in [-0.4, -0.2) is 54.1 Å². The average Bonchev–Trinajstić information content (AvgIpc) is 3.18. The minimum atomic E-state index is 0.258. The number of likely N-dealkylation sites (tertiary alicyclic amines) is 2. The highest BCUT2D eigenvalue weighted by molar-refractivity contribution is 7.09. The molecule has 4 heterocycles. The molecule has 1 aromatic rings. The van der Waals surface area contributed by atoms with Crippen molar-refractivity contribution in [2.75, 3.05) is 26.2 Å². The highest BCUT2D eigenvalue weighted by Gasteiger charge is 2.44. The largest absolute Gasteiger partial charge is 0.376 e. The monoisotopic (exact) mass is 320 g/mol. The Balaban J connectivity index is 1.52. The van der Waals surface area contributed by atoms with E-state index in [0.29, 0.717) is 11.8 Å². The second-order valence-electron chi connectivity index (χ2n) is 6.77. The molecule has 0 radical (unpaired) electrons. The number of hydrogen-bond donors (Lipinski definition) is 0. The van der Waals surface area contributed by atoms with Crippen LogP contribution in [0.25, 0.3) is 0 Å². The van der Waals surface area contributed by atoms with E-state index >= 15 is 0 Å². The first-order valence-electron chi connectivity index (χ1n) is 8.47. The summed E-state index contributed by atoms with van der Waals surface area (Å²) in [4.78, 5) is 18.3. The Labute approximate surface area is 136 Å². The van der Waals surface area contributed by atoms with Gasteiger partial charge in [0.25, 0.3) is 0 Å². The molecule has 0 saturated carbocycles. The number of fused-ring (bicyclic) bond motifs is 1. The standard InChI is InChI=1S/C17H24N2O2S/c20-16-6-1-7-19(16)15-12-18(11-14-5-3-9-22-14)10-13-4-2-8-21-17(13)15/h3,5,9,13,15,17H,1-2,4,6-8,10-12H2/t13-,15+,17-/m0/s1. The molecule has 4 rings (SSSR count). The van der Waals surface area contributed by atoms with Crippen LogP contribution in [0.4, 0.5) is 0 Å². The molecule has 3 atom stereocenters. The van der Waals surface area contributed by atoms with Crippen LogP contribution in [0.2, 0.25) is 0 Å². The highest BCUT2D eigenvalue weighted by atomic mass is 32.1. The van der Waals surface area contributed by atoms with Gasteiger partial charge in [0, 0.05) is 44.1 Å². The second kappa shape index (κ2) is 6.30. The molecular weight excluding hydrogens is 296 g/mol. The summed E-state index contributed by atoms with van der Waals surface area (Å²) in [5.74, 6) is 0.914. The van der Waals surface area contributed by atoms with Gasteiger partial charge in [0.1, 0.15) is 0 Å². The first-order valence-corrected chi connectivity index (χ1v) is 9.35. The first-order chi connectivity index (χ1) is 10.8. The van der Waals surface area contributed by atoms with Crippen LogP contribution in [0, 0.1) is 5.92 Å². The summed E-state index contributed by atoms with van der Waals surface area (Å²) < 4.78 is 6.12. The third-order valence-electron chi connectivity index (χ3n) is 5.28. The van der Waals surface area contributed by atoms with Gasteiger partial charge in [-0.1, -0.05) is 6.07 Å². The van der Waals surface area contributed by atoms with E-state index in [1.165, 1.54) is 11.3 Å². The summed E-state index contributed by atoms with van der Waals surface area (Å²) in [6, 6.07) is 4.59. The smallest absolute Gasteiger partial charge is 0.223 e. The van der Waals surface area contributed by atoms with Crippen molar-refractivity contribution in [3.05, 3.63) is 22.4 Å². The van der Waals surface area contributed by atoms with Crippen LogP contribution in [0.3, 0.4) is 0 Å². The van der Waals surface area contributed by atoms with Crippen LogP contribution in [0.5, 0.6) is 0 Å². The van der Waals surface area contributed by atoms with Crippen molar-refractivity contribution >= 4 is 17.2 Å². The maximum absolute atomic E-state index is 12.2. The number of amides is 1. The molecule has 3 aliphatic rings. The molecule has 0 N–H and O–H groups in total. The fraction of sp³-hybridized carbons (Fsp3) is 0.706. The van der Waals surface area contributed by atoms with Crippen LogP contribution in [-0.2, 0) is 16.1 Å². The molecule has 1 amide bonds. The minimum absolute atomic E-state index is 0.258. The van der Waals surface area contributed by atoms with Crippen LogP contribution >= 0.6 is 11.3 Å². The number of thiophene rings is 1. The van der Waals surface area contributed by atoms with Gasteiger partial charge in [-0.05, 0) is 36.6 Å². The average molecular weight is 320 g/mol. The fourth-order valence-electron chi connectivity index (χ4n) is 4.31. The Morgan fingerprint density at radius 1 is 1.32 bits per heavy atom. The van der Waals surface area contributed by atoms with E-state index < -0.39 is 0 Å². The highest BCUT2D eigenvalue weighted by Crippen LogP contribution is 2.33. The summed E-state index contributed by atoms with van der Waals surface area (Å²) in [5.41, 5.74) is 0. The summed E-state index contributed by atoms with van der Waals surface area (Å²) >= 11 is 1.83. The number of rotatable bonds is 3. The molecule has 0 aliphatic carbocycles. The van der Waals surface area contributed by atoms with Gasteiger partial charge in [-0.25, -0.2) is 0 Å². The number of carbonyl (C=O) groups excluding carboxylic acids is 1. The van der Waals surface area contributed by atoms with Crippen molar-refractivity contribution in [2.45, 2.75) is 44.4 Å². The molecule has 5 heteroatoms. The topological polar surface area (TPSA) is 32.8 Å². The number of hydrogen-bond acceptors (Lipinski definition) is 4. The Kier molecular flexibility index (Phi) is 4.20. The van der Waals surface area contributed by atoms with E-state index in [1.807, 2.05) is 11.3 Å². The van der Waals surface area contributed by atoms with Crippen molar-refractivity contribution in [3.8, 4) is 0 Å². The number of piperidine rings is 1. The zero-order chi connectivity index (χ0) is 14.9. The summed E-state index contributed by atoms with van der Waals surface area (Å²) in [5, 5.41) is 2.15. The number of ether oxygens (including phenoxy) is 1. The van der Waals surface area contributed by atoms with Crippen LogP contribution in [0.15, 0.2) is 17.5 Å². The predicted octanol–water partition coefficient (Wildman–Crippen LogP) is 2.35. The molecule has 22 heavy (non-hydrogen) atoms. The zero-order valence-corrected chi connectivity index (χ0v) is 13.8. The summed E-state index contributed by atoms with van der Waals surface area (Å²) in [6.07, 6.45) is 4.39. The molecule has 0 spiro atoms. The van der Waals surface area contributed by atoms with Crippen LogP contribution in [0.1, 0.15) is 30.6 Å². The summed E-state index contributed by atoms with van der Waals surface area (Å²) in [6.45, 7) is 4.87. The van der Waals surface area contributed by atoms with E-state index in [1.54, 1.807) is 0 Å². The second-order valence-corrected chi connectivity index (χ2v) is 7.80. The lowest BCUT2D eigenvalue weighted by Gasteiger charge is -2.48. The van der Waals surface area contributed by atoms with E-state index in [0.717, 1.165) is 52.0 Å². The maximum atomic E-state index is 12.2. The molecule has 3 saturated heterocycles. The Morgan fingerprint density at radius 3 is 3.05 bits per heavy atom. The van der Waals surface area contributed by atoms with Crippen molar-refractivity contribution in [2.24, 2.45) is 5.92 Å². The van der Waals surface area contributed by atoms with Crippen molar-refractivity contribution < 1.29 is 9.53 Å². The Morgan fingerprint density at radius 2 is 2.27 bits per heavy atom. The third-order valence-corrected chi connectivity index (χ3v) is 6.14. The molecular formula is C17H24N2O2S. The van der Waals surface area contributed by atoms with Gasteiger partial charge in [-0.15, -0.1) is 11.3 Å². The molecule has 3 aliphatic heterocycles. The minimum Gasteiger partial charge on any atom is -0.376 e.